The van der Waals surface area contributed by atoms with Crippen LogP contribution in [-0.4, -0.2) is 70.4 Å². The molecule has 0 amide bonds. The SMILES string of the molecule is CN1CCC(CC(=O)Oc2ccc3c(c2)C[C@@H](CCCCCCCCC[S+]([O-])CCCC(F)(F)C(F)(F)F)[C@@H]2[C@@H]3CC[C@]3(C)[C@@H](O)CC[C@@H]23)CC1. The normalized spacial score (nSPS) is 29.3. The fourth-order valence-corrected chi connectivity index (χ4v) is 11.2. The molecule has 1 heterocycles. The first-order valence-electron chi connectivity index (χ1n) is 19.7. The molecule has 1 aliphatic heterocycles. The average Bonchev–Trinajstić information content (AvgIpc) is 3.37. The molecule has 2 saturated carbocycles. The average molecular weight is 746 g/mol. The van der Waals surface area contributed by atoms with Gasteiger partial charge in [0.15, 0.2) is 0 Å². The van der Waals surface area contributed by atoms with Crippen LogP contribution in [0.2, 0.25) is 0 Å². The molecule has 1 unspecified atom stereocenters. The van der Waals surface area contributed by atoms with E-state index in [-0.39, 0.29) is 23.2 Å². The summed E-state index contributed by atoms with van der Waals surface area (Å²) in [4.78, 5) is 15.2. The van der Waals surface area contributed by atoms with E-state index in [4.69, 9.17) is 4.74 Å². The highest BCUT2D eigenvalue weighted by Gasteiger charge is 2.57. The molecule has 5 nitrogen and oxygen atoms in total. The van der Waals surface area contributed by atoms with Gasteiger partial charge in [0.05, 0.1) is 6.10 Å². The van der Waals surface area contributed by atoms with Crippen molar-refractivity contribution in [2.24, 2.45) is 29.1 Å². The van der Waals surface area contributed by atoms with Crippen molar-refractivity contribution < 1.29 is 41.1 Å². The van der Waals surface area contributed by atoms with Crippen molar-refractivity contribution in [3.05, 3.63) is 29.3 Å². The summed E-state index contributed by atoms with van der Waals surface area (Å²) in [5.41, 5.74) is 2.72. The van der Waals surface area contributed by atoms with E-state index >= 15 is 0 Å². The second-order valence-electron chi connectivity index (χ2n) is 16.6. The lowest BCUT2D eigenvalue weighted by Crippen LogP contribution is -2.47. The summed E-state index contributed by atoms with van der Waals surface area (Å²) in [5, 5.41) is 11.0. The fourth-order valence-electron chi connectivity index (χ4n) is 10.0. The molecule has 3 fully saturated rings. The van der Waals surface area contributed by atoms with Gasteiger partial charge in [0.1, 0.15) is 17.3 Å². The molecule has 1 saturated heterocycles. The van der Waals surface area contributed by atoms with Gasteiger partial charge in [-0.25, -0.2) is 0 Å². The topological polar surface area (TPSA) is 72.8 Å². The monoisotopic (exact) mass is 745 g/mol. The van der Waals surface area contributed by atoms with Gasteiger partial charge >= 0.3 is 18.1 Å². The molecule has 1 N–H and O–H groups in total. The Labute approximate surface area is 305 Å². The number of piperidine rings is 1. The number of fused-ring (bicyclic) bond motifs is 5. The quantitative estimate of drug-likeness (QED) is 0.0566. The number of alkyl halides is 5. The van der Waals surface area contributed by atoms with Crippen molar-refractivity contribution in [1.82, 2.24) is 4.90 Å². The Hall–Kier alpha value is -1.43. The maximum absolute atomic E-state index is 13.1. The zero-order valence-corrected chi connectivity index (χ0v) is 31.5. The standard InChI is InChI=1S/C40H60F5NO4S/c1-38-20-16-33-32-13-12-31(50-36(48)25-28-17-21-46(2)22-18-28)27-30(32)26-29(37(33)34(38)14-15-35(38)47)11-8-6-4-3-5-7-9-23-51(49)24-10-19-39(41,42)40(43,44)45/h12-13,27-29,33-35,37,47H,3-11,14-26H2,1-2H3/t29-,33-,34+,35+,37-,38+,51?/m1/s1. The Kier molecular flexibility index (Phi) is 14.2. The summed E-state index contributed by atoms with van der Waals surface area (Å²) >= 11 is -1.37. The first kappa shape index (κ1) is 40.7. The van der Waals surface area contributed by atoms with Gasteiger partial charge in [0.25, 0.3) is 0 Å². The maximum atomic E-state index is 13.1. The third kappa shape index (κ3) is 10.4. The number of esters is 1. The van der Waals surface area contributed by atoms with Crippen molar-refractivity contribution in [2.45, 2.75) is 147 Å². The number of ether oxygens (including phenoxy) is 1. The molecule has 5 rings (SSSR count). The van der Waals surface area contributed by atoms with Crippen molar-refractivity contribution >= 4 is 17.1 Å². The number of aliphatic hydroxyl groups is 1. The number of benzene rings is 1. The molecule has 1 aromatic carbocycles. The Morgan fingerprint density at radius 3 is 2.33 bits per heavy atom. The lowest BCUT2D eigenvalue weighted by molar-refractivity contribution is -0.284. The van der Waals surface area contributed by atoms with Crippen molar-refractivity contribution in [1.29, 1.82) is 0 Å². The summed E-state index contributed by atoms with van der Waals surface area (Å²) < 4.78 is 81.0. The summed E-state index contributed by atoms with van der Waals surface area (Å²) in [7, 11) is 2.12. The van der Waals surface area contributed by atoms with E-state index in [1.807, 2.05) is 6.07 Å². The number of hydrogen-bond donors (Lipinski definition) is 1. The number of likely N-dealkylation sites (tertiary alicyclic amines) is 1. The zero-order chi connectivity index (χ0) is 36.8. The van der Waals surface area contributed by atoms with Crippen LogP contribution in [0.1, 0.15) is 133 Å². The second-order valence-corrected chi connectivity index (χ2v) is 18.3. The van der Waals surface area contributed by atoms with E-state index in [0.717, 1.165) is 103 Å². The van der Waals surface area contributed by atoms with Gasteiger partial charge in [-0.2, -0.15) is 22.0 Å². The second kappa shape index (κ2) is 17.8. The molecule has 4 aliphatic rings. The van der Waals surface area contributed by atoms with Crippen LogP contribution in [-0.2, 0) is 22.4 Å². The van der Waals surface area contributed by atoms with Gasteiger partial charge in [-0.05, 0) is 149 Å². The predicted octanol–water partition coefficient (Wildman–Crippen LogP) is 9.61. The van der Waals surface area contributed by atoms with Crippen LogP contribution in [0.5, 0.6) is 5.75 Å². The van der Waals surface area contributed by atoms with Gasteiger partial charge in [0, 0.05) is 12.8 Å². The van der Waals surface area contributed by atoms with E-state index in [1.54, 1.807) is 0 Å². The van der Waals surface area contributed by atoms with Crippen LogP contribution in [0.4, 0.5) is 22.0 Å². The van der Waals surface area contributed by atoms with E-state index in [0.29, 0.717) is 53.9 Å². The Morgan fingerprint density at radius 2 is 1.63 bits per heavy atom. The summed E-state index contributed by atoms with van der Waals surface area (Å²) in [6, 6.07) is 6.35. The van der Waals surface area contributed by atoms with Gasteiger partial charge < -0.3 is 19.3 Å². The molecular weight excluding hydrogens is 685 g/mol. The lowest BCUT2D eigenvalue weighted by atomic mass is 9.52. The van der Waals surface area contributed by atoms with Gasteiger partial charge in [0.2, 0.25) is 0 Å². The molecule has 0 spiro atoms. The molecule has 51 heavy (non-hydrogen) atoms. The summed E-state index contributed by atoms with van der Waals surface area (Å²) in [6.45, 7) is 4.36. The van der Waals surface area contributed by atoms with Crippen LogP contribution in [0, 0.1) is 29.1 Å². The minimum Gasteiger partial charge on any atom is -0.616 e. The number of rotatable bonds is 17. The van der Waals surface area contributed by atoms with E-state index < -0.39 is 36.1 Å². The highest BCUT2D eigenvalue weighted by Crippen LogP contribution is 2.62. The predicted molar refractivity (Wildman–Crippen MR) is 191 cm³/mol. The fraction of sp³-hybridized carbons (Fsp3) is 0.825. The van der Waals surface area contributed by atoms with E-state index in [9.17, 15) is 36.4 Å². The Balaban J connectivity index is 1.07. The number of hydrogen-bond acceptors (Lipinski definition) is 5. The third-order valence-corrected chi connectivity index (χ3v) is 14.6. The van der Waals surface area contributed by atoms with E-state index in [1.165, 1.54) is 11.1 Å². The molecule has 0 bridgehead atoms. The number of nitrogens with zero attached hydrogens (tertiary/aromatic N) is 1. The molecule has 0 radical (unpaired) electrons. The Morgan fingerprint density at radius 1 is 0.961 bits per heavy atom. The minimum atomic E-state index is -5.55. The first-order valence-corrected chi connectivity index (χ1v) is 21.2. The molecule has 290 valence electrons. The van der Waals surface area contributed by atoms with Crippen LogP contribution in [0.15, 0.2) is 18.2 Å². The number of aliphatic hydroxyl groups excluding tert-OH is 1. The first-order chi connectivity index (χ1) is 24.2. The van der Waals surface area contributed by atoms with Crippen molar-refractivity contribution in [3.8, 4) is 5.75 Å². The van der Waals surface area contributed by atoms with Crippen LogP contribution >= 0.6 is 0 Å². The van der Waals surface area contributed by atoms with Crippen LogP contribution in [0.3, 0.4) is 0 Å². The van der Waals surface area contributed by atoms with Crippen LogP contribution < -0.4 is 4.74 Å². The van der Waals surface area contributed by atoms with Crippen molar-refractivity contribution in [2.75, 3.05) is 31.6 Å². The summed E-state index contributed by atoms with van der Waals surface area (Å²) in [6.07, 6.45) is 8.22. The minimum absolute atomic E-state index is 0.0157. The highest BCUT2D eigenvalue weighted by molar-refractivity contribution is 7.91. The molecule has 7 atom stereocenters. The van der Waals surface area contributed by atoms with E-state index in [2.05, 4.69) is 31.0 Å². The third-order valence-electron chi connectivity index (χ3n) is 13.1. The molecule has 1 aromatic rings. The molecule has 3 aliphatic carbocycles. The number of halogens is 5. The lowest BCUT2D eigenvalue weighted by Gasteiger charge is -2.53. The maximum Gasteiger partial charge on any atom is 0.453 e. The number of unbranched alkanes of at least 4 members (excludes halogenated alkanes) is 6. The zero-order valence-electron chi connectivity index (χ0n) is 30.7. The smallest absolute Gasteiger partial charge is 0.453 e. The number of carbonyl (C=O) groups excluding carboxylic acids is 1. The van der Waals surface area contributed by atoms with Crippen molar-refractivity contribution in [3.63, 3.8) is 0 Å². The molecule has 0 aromatic heterocycles. The summed E-state index contributed by atoms with van der Waals surface area (Å²) in [5.74, 6) is -1.53. The molecular formula is C40H60F5NO4S. The van der Waals surface area contributed by atoms with Crippen LogP contribution in [0.25, 0.3) is 0 Å². The van der Waals surface area contributed by atoms with Gasteiger partial charge in [-0.1, -0.05) is 56.3 Å². The number of carbonyl (C=O) groups is 1. The molecule has 11 heteroatoms. The van der Waals surface area contributed by atoms with Gasteiger partial charge in [-0.15, -0.1) is 0 Å². The van der Waals surface area contributed by atoms with Gasteiger partial charge in [-0.3, -0.25) is 4.79 Å². The highest BCUT2D eigenvalue weighted by atomic mass is 32.2. The largest absolute Gasteiger partial charge is 0.616 e. The Bertz CT molecular complexity index is 1270.